The smallest absolute Gasteiger partial charge is 0.348 e. The van der Waals surface area contributed by atoms with Gasteiger partial charge in [0.15, 0.2) is 12.4 Å². The molecule has 3 fully saturated rings. The van der Waals surface area contributed by atoms with Crippen molar-refractivity contribution in [3.05, 3.63) is 105 Å². The minimum atomic E-state index is -1.15. The summed E-state index contributed by atoms with van der Waals surface area (Å²) in [4.78, 5) is 37.9. The Labute approximate surface area is 316 Å². The highest BCUT2D eigenvalue weighted by molar-refractivity contribution is 6.34. The lowest BCUT2D eigenvalue weighted by Crippen LogP contribution is -2.46. The summed E-state index contributed by atoms with van der Waals surface area (Å²) in [5.74, 6) is -4.69. The largest absolute Gasteiger partial charge is 0.480 e. The number of halogens is 2. The average molecular weight is 756 g/mol. The molecule has 280 valence electrons. The molecule has 0 bridgehead atoms. The van der Waals surface area contributed by atoms with Crippen LogP contribution in [0.4, 0.5) is 0 Å². The Kier molecular flexibility index (Phi) is 14.6. The molecule has 52 heavy (non-hydrogen) atoms. The van der Waals surface area contributed by atoms with E-state index < -0.39 is 35.4 Å². The van der Waals surface area contributed by atoms with Crippen LogP contribution in [-0.4, -0.2) is 34.6 Å². The van der Waals surface area contributed by atoms with Crippen molar-refractivity contribution in [3.63, 3.8) is 0 Å². The third-order valence-corrected chi connectivity index (χ3v) is 9.84. The number of carbonyl (C=O) groups is 3. The van der Waals surface area contributed by atoms with E-state index in [2.05, 4.69) is 6.92 Å². The summed E-state index contributed by atoms with van der Waals surface area (Å²) < 4.78 is 24.5. The first-order valence-electron chi connectivity index (χ1n) is 17.8. The Morgan fingerprint density at radius 2 is 1.19 bits per heavy atom. The molecule has 2 saturated carbocycles. The molecule has 4 aliphatic rings. The number of benzene rings is 1. The number of hydrogen-bond acceptors (Lipinski definition) is 8. The van der Waals surface area contributed by atoms with E-state index in [4.69, 9.17) is 42.1 Å². The van der Waals surface area contributed by atoms with Crippen molar-refractivity contribution in [1.82, 2.24) is 0 Å². The number of aromatic nitrogens is 1. The van der Waals surface area contributed by atoms with Crippen molar-refractivity contribution < 1.29 is 43.0 Å². The van der Waals surface area contributed by atoms with Crippen LogP contribution in [0.15, 0.2) is 89.7 Å². The molecule has 1 saturated heterocycles. The topological polar surface area (TPSA) is 112 Å². The molecule has 1 N–H and O–H groups in total. The van der Waals surface area contributed by atoms with Crippen molar-refractivity contribution in [3.8, 4) is 5.69 Å². The van der Waals surface area contributed by atoms with Crippen molar-refractivity contribution in [1.29, 1.82) is 0 Å². The maximum atomic E-state index is 12.6. The number of pyridine rings is 1. The van der Waals surface area contributed by atoms with Crippen LogP contribution in [0.25, 0.3) is 5.69 Å². The Balaban J connectivity index is 0.000000316. The molecule has 1 aromatic carbocycles. The maximum Gasteiger partial charge on any atom is 0.348 e. The number of aryl methyl sites for hydroxylation is 1. The first kappa shape index (κ1) is 40.7. The van der Waals surface area contributed by atoms with Gasteiger partial charge in [-0.25, -0.2) is 14.4 Å². The van der Waals surface area contributed by atoms with Crippen molar-refractivity contribution >= 4 is 41.1 Å². The molecular weight excluding hydrogens is 705 g/mol. The molecule has 0 atom stereocenters. The average Bonchev–Trinajstić information content (AvgIpc) is 3.04. The SMILES string of the molecule is C.CC(/C=C/C1=C(O)OC2(CCCCCCC2)OC1=O)=C\C=C1C(=O)OC2(CCCCCCC2)OC1=O.Cc1cc[n+](-c2cc(Cl)cc(Cl)c2)cc1. The summed E-state index contributed by atoms with van der Waals surface area (Å²) in [6.07, 6.45) is 21.9. The Bertz CT molecular complexity index is 1670. The van der Waals surface area contributed by atoms with Gasteiger partial charge in [-0.05, 0) is 63.3 Å². The summed E-state index contributed by atoms with van der Waals surface area (Å²) in [5, 5.41) is 11.7. The van der Waals surface area contributed by atoms with Gasteiger partial charge in [0.25, 0.3) is 17.5 Å². The fourth-order valence-electron chi connectivity index (χ4n) is 6.53. The quantitative estimate of drug-likeness (QED) is 0.108. The van der Waals surface area contributed by atoms with Crippen LogP contribution < -0.4 is 4.57 Å². The summed E-state index contributed by atoms with van der Waals surface area (Å²) in [6.45, 7) is 3.78. The van der Waals surface area contributed by atoms with Crippen LogP contribution in [0.5, 0.6) is 0 Å². The number of aliphatic hydroxyl groups excluding tert-OH is 1. The van der Waals surface area contributed by atoms with Gasteiger partial charge in [-0.2, -0.15) is 4.57 Å². The zero-order valence-electron chi connectivity index (χ0n) is 29.3. The summed E-state index contributed by atoms with van der Waals surface area (Å²) >= 11 is 11.9. The van der Waals surface area contributed by atoms with E-state index in [1.807, 2.05) is 41.2 Å². The van der Waals surface area contributed by atoms with E-state index in [-0.39, 0.29) is 18.6 Å². The Morgan fingerprint density at radius 3 is 1.69 bits per heavy atom. The minimum absolute atomic E-state index is 0. The van der Waals surface area contributed by atoms with Crippen molar-refractivity contribution in [2.75, 3.05) is 0 Å². The zero-order valence-corrected chi connectivity index (χ0v) is 30.8. The van der Waals surface area contributed by atoms with Crippen LogP contribution in [0.3, 0.4) is 0 Å². The van der Waals surface area contributed by atoms with Gasteiger partial charge in [-0.1, -0.05) is 86.9 Å². The zero-order chi connectivity index (χ0) is 36.4. The van der Waals surface area contributed by atoms with Gasteiger partial charge in [-0.15, -0.1) is 0 Å². The van der Waals surface area contributed by atoms with E-state index in [9.17, 15) is 19.5 Å². The van der Waals surface area contributed by atoms with Gasteiger partial charge in [0.2, 0.25) is 5.69 Å². The van der Waals surface area contributed by atoms with Crippen molar-refractivity contribution in [2.24, 2.45) is 0 Å². The molecular formula is C41H50Cl2NO8+. The van der Waals surface area contributed by atoms with E-state index in [0.717, 1.165) is 69.9 Å². The van der Waals surface area contributed by atoms with E-state index >= 15 is 0 Å². The molecule has 0 radical (unpaired) electrons. The number of esters is 3. The Hall–Kier alpha value is -4.08. The predicted octanol–water partition coefficient (Wildman–Crippen LogP) is 9.95. The number of aliphatic hydroxyl groups is 1. The number of hydrogen-bond donors (Lipinski definition) is 1. The maximum absolute atomic E-state index is 12.6. The lowest BCUT2D eigenvalue weighted by molar-refractivity contribution is -0.595. The number of carbonyl (C=O) groups excluding carboxylic acids is 3. The third kappa shape index (κ3) is 11.0. The fourth-order valence-corrected chi connectivity index (χ4v) is 7.05. The molecule has 0 amide bonds. The van der Waals surface area contributed by atoms with E-state index in [1.54, 1.807) is 25.1 Å². The number of rotatable bonds is 4. The van der Waals surface area contributed by atoms with Gasteiger partial charge in [-0.3, -0.25) is 0 Å². The number of ether oxygens (including phenoxy) is 4. The summed E-state index contributed by atoms with van der Waals surface area (Å²) in [7, 11) is 0. The first-order chi connectivity index (χ1) is 24.5. The van der Waals surface area contributed by atoms with Crippen molar-refractivity contribution in [2.45, 2.75) is 123 Å². The summed E-state index contributed by atoms with van der Waals surface area (Å²) in [6, 6.07) is 9.55. The lowest BCUT2D eigenvalue weighted by Gasteiger charge is -2.37. The van der Waals surface area contributed by atoms with Crippen LogP contribution in [0.1, 0.15) is 110 Å². The molecule has 3 heterocycles. The van der Waals surface area contributed by atoms with E-state index in [0.29, 0.717) is 41.3 Å². The fraction of sp³-hybridized carbons (Fsp3) is 0.463. The number of allylic oxidation sites excluding steroid dienone is 4. The van der Waals surface area contributed by atoms with Gasteiger partial charge in [0.05, 0.1) is 0 Å². The van der Waals surface area contributed by atoms with E-state index in [1.165, 1.54) is 17.7 Å². The normalized spacial score (nSPS) is 20.5. The number of nitrogens with zero attached hydrogens (tertiary/aromatic N) is 1. The second-order valence-electron chi connectivity index (χ2n) is 13.6. The third-order valence-electron chi connectivity index (χ3n) is 9.41. The molecule has 6 rings (SSSR count). The van der Waals surface area contributed by atoms with Crippen LogP contribution in [-0.2, 0) is 33.3 Å². The summed E-state index contributed by atoms with van der Waals surface area (Å²) in [5.41, 5.74) is 2.55. The molecule has 11 heteroatoms. The standard InChI is InChI=1S/C28H36O8.C12H10Cl2N.CH4/c1-20(12-14-21-23(29)33-27(34-24(21)30)16-8-4-2-5-9-17-27)13-15-22-25(31)35-28(36-26(22)32)18-10-6-3-7-11-19-28;1-9-2-4-15(5-3-9)12-7-10(13)6-11(14)8-12;/h12-15,29H,2-11,16-19H2,1H3;2-8H,1H3;1H4/q;+1;/b14-12+,20-13+;;. The second kappa shape index (κ2) is 18.6. The highest BCUT2D eigenvalue weighted by Gasteiger charge is 2.46. The molecule has 2 aliphatic carbocycles. The van der Waals surface area contributed by atoms with Gasteiger partial charge < -0.3 is 24.1 Å². The highest BCUT2D eigenvalue weighted by atomic mass is 35.5. The second-order valence-corrected chi connectivity index (χ2v) is 14.5. The molecule has 0 unspecified atom stereocenters. The van der Waals surface area contributed by atoms with Crippen LogP contribution in [0, 0.1) is 6.92 Å². The Morgan fingerprint density at radius 1 is 0.731 bits per heavy atom. The first-order valence-corrected chi connectivity index (χ1v) is 18.6. The monoisotopic (exact) mass is 754 g/mol. The predicted molar refractivity (Wildman–Crippen MR) is 200 cm³/mol. The molecule has 9 nitrogen and oxygen atoms in total. The van der Waals surface area contributed by atoms with Gasteiger partial charge >= 0.3 is 17.9 Å². The van der Waals surface area contributed by atoms with Gasteiger partial charge in [0.1, 0.15) is 11.1 Å². The highest BCUT2D eigenvalue weighted by Crippen LogP contribution is 2.38. The molecule has 2 aliphatic heterocycles. The lowest BCUT2D eigenvalue weighted by atomic mass is 9.94. The molecule has 2 spiro atoms. The molecule has 1 aromatic heterocycles. The van der Waals surface area contributed by atoms with Crippen LogP contribution in [0.2, 0.25) is 10.0 Å². The van der Waals surface area contributed by atoms with Crippen LogP contribution >= 0.6 is 23.2 Å². The van der Waals surface area contributed by atoms with Gasteiger partial charge in [0, 0.05) is 60.0 Å². The minimum Gasteiger partial charge on any atom is -0.480 e. The molecule has 2 aromatic rings.